The van der Waals surface area contributed by atoms with E-state index >= 15 is 0 Å². The first-order valence-electron chi connectivity index (χ1n) is 6.00. The van der Waals surface area contributed by atoms with Crippen LogP contribution in [-0.4, -0.2) is 49.2 Å². The molecule has 17 heavy (non-hydrogen) atoms. The molecule has 96 valence electrons. The molecule has 0 amide bonds. The summed E-state index contributed by atoms with van der Waals surface area (Å²) in [7, 11) is 6.23. The van der Waals surface area contributed by atoms with Crippen LogP contribution in [0, 0.1) is 0 Å². The Morgan fingerprint density at radius 3 is 2.41 bits per heavy atom. The highest BCUT2D eigenvalue weighted by molar-refractivity contribution is 5.43. The molecule has 1 heterocycles. The van der Waals surface area contributed by atoms with Crippen LogP contribution in [0.3, 0.4) is 0 Å². The number of hydrogen-bond acceptors (Lipinski definition) is 4. The molecule has 0 spiro atoms. The summed E-state index contributed by atoms with van der Waals surface area (Å²) in [5.41, 5.74) is 1.81. The highest BCUT2D eigenvalue weighted by atomic mass is 16.3. The Kier molecular flexibility index (Phi) is 5.38. The second-order valence-electron chi connectivity index (χ2n) is 4.70. The molecule has 0 bridgehead atoms. The highest BCUT2D eigenvalue weighted by Crippen LogP contribution is 2.15. The summed E-state index contributed by atoms with van der Waals surface area (Å²) >= 11 is 0. The Balaban J connectivity index is 2.48. The van der Waals surface area contributed by atoms with Crippen molar-refractivity contribution in [2.24, 2.45) is 0 Å². The lowest BCUT2D eigenvalue weighted by Gasteiger charge is -2.20. The fourth-order valence-corrected chi connectivity index (χ4v) is 1.62. The van der Waals surface area contributed by atoms with Crippen molar-refractivity contribution in [3.8, 4) is 0 Å². The van der Waals surface area contributed by atoms with Gasteiger partial charge in [0.25, 0.3) is 0 Å². The summed E-state index contributed by atoms with van der Waals surface area (Å²) in [5, 5.41) is 9.37. The van der Waals surface area contributed by atoms with Crippen LogP contribution in [-0.2, 0) is 0 Å². The lowest BCUT2D eigenvalue weighted by atomic mass is 10.2. The van der Waals surface area contributed by atoms with Gasteiger partial charge < -0.3 is 14.9 Å². The van der Waals surface area contributed by atoms with Gasteiger partial charge in [-0.25, -0.2) is 0 Å². The Hall–Kier alpha value is -1.13. The van der Waals surface area contributed by atoms with Gasteiger partial charge in [-0.3, -0.25) is 4.98 Å². The van der Waals surface area contributed by atoms with Gasteiger partial charge in [-0.2, -0.15) is 0 Å². The summed E-state index contributed by atoms with van der Waals surface area (Å²) < 4.78 is 0. The number of rotatable bonds is 6. The number of pyridine rings is 1. The Bertz CT molecular complexity index is 322. The van der Waals surface area contributed by atoms with Crippen molar-refractivity contribution in [2.75, 3.05) is 39.1 Å². The zero-order chi connectivity index (χ0) is 12.8. The van der Waals surface area contributed by atoms with Crippen LogP contribution >= 0.6 is 0 Å². The van der Waals surface area contributed by atoms with Gasteiger partial charge in [0, 0.05) is 13.6 Å². The van der Waals surface area contributed by atoms with Crippen molar-refractivity contribution < 1.29 is 5.11 Å². The zero-order valence-electron chi connectivity index (χ0n) is 11.2. The van der Waals surface area contributed by atoms with E-state index in [4.69, 9.17) is 0 Å². The number of hydrogen-bond donors (Lipinski definition) is 1. The van der Waals surface area contributed by atoms with Crippen molar-refractivity contribution in [1.29, 1.82) is 0 Å². The van der Waals surface area contributed by atoms with E-state index in [0.29, 0.717) is 0 Å². The van der Waals surface area contributed by atoms with Crippen LogP contribution in [0.4, 0.5) is 5.69 Å². The quantitative estimate of drug-likeness (QED) is 0.814. The topological polar surface area (TPSA) is 39.6 Å². The van der Waals surface area contributed by atoms with Gasteiger partial charge in [0.2, 0.25) is 0 Å². The van der Waals surface area contributed by atoms with Crippen LogP contribution in [0.25, 0.3) is 0 Å². The molecule has 0 aliphatic carbocycles. The van der Waals surface area contributed by atoms with E-state index in [2.05, 4.69) is 35.9 Å². The summed E-state index contributed by atoms with van der Waals surface area (Å²) in [4.78, 5) is 8.61. The summed E-state index contributed by atoms with van der Waals surface area (Å²) in [6, 6.07) is 3.88. The molecule has 0 aliphatic heterocycles. The van der Waals surface area contributed by atoms with E-state index < -0.39 is 6.10 Å². The molecule has 0 fully saturated rings. The van der Waals surface area contributed by atoms with Crippen LogP contribution in [0.2, 0.25) is 0 Å². The van der Waals surface area contributed by atoms with Gasteiger partial charge in [-0.05, 0) is 46.1 Å². The summed E-state index contributed by atoms with van der Waals surface area (Å²) in [5.74, 6) is 0. The standard InChI is InChI=1S/C13H23N3O/c1-11(17)13-7-6-12(10-14-13)16(4)9-5-8-15(2)3/h6-7,10-11,17H,5,8-9H2,1-4H3. The third-order valence-corrected chi connectivity index (χ3v) is 2.74. The fraction of sp³-hybridized carbons (Fsp3) is 0.615. The first-order chi connectivity index (χ1) is 8.00. The first kappa shape index (κ1) is 13.9. The molecule has 0 saturated carbocycles. The molecule has 4 heteroatoms. The molecule has 1 atom stereocenters. The number of aliphatic hydroxyl groups excluding tert-OH is 1. The third kappa shape index (κ3) is 4.71. The van der Waals surface area contributed by atoms with Crippen molar-refractivity contribution in [1.82, 2.24) is 9.88 Å². The fourth-order valence-electron chi connectivity index (χ4n) is 1.62. The molecular weight excluding hydrogens is 214 g/mol. The van der Waals surface area contributed by atoms with Gasteiger partial charge in [0.05, 0.1) is 23.7 Å². The molecule has 0 aliphatic rings. The number of aromatic nitrogens is 1. The Morgan fingerprint density at radius 1 is 1.24 bits per heavy atom. The minimum Gasteiger partial charge on any atom is -0.387 e. The number of anilines is 1. The van der Waals surface area contributed by atoms with Gasteiger partial charge >= 0.3 is 0 Å². The molecule has 1 unspecified atom stereocenters. The van der Waals surface area contributed by atoms with E-state index in [1.54, 1.807) is 6.92 Å². The first-order valence-corrected chi connectivity index (χ1v) is 6.00. The lowest BCUT2D eigenvalue weighted by Crippen LogP contribution is -2.23. The molecule has 1 rings (SSSR count). The maximum Gasteiger partial charge on any atom is 0.0931 e. The van der Waals surface area contributed by atoms with E-state index in [0.717, 1.165) is 30.9 Å². The van der Waals surface area contributed by atoms with Gasteiger partial charge in [-0.15, -0.1) is 0 Å². The number of aliphatic hydroxyl groups is 1. The molecular formula is C13H23N3O. The Morgan fingerprint density at radius 2 is 1.94 bits per heavy atom. The highest BCUT2D eigenvalue weighted by Gasteiger charge is 2.04. The van der Waals surface area contributed by atoms with E-state index in [9.17, 15) is 5.11 Å². The maximum atomic E-state index is 9.37. The molecule has 0 saturated heterocycles. The molecule has 0 aromatic carbocycles. The third-order valence-electron chi connectivity index (χ3n) is 2.74. The van der Waals surface area contributed by atoms with Crippen molar-refractivity contribution in [2.45, 2.75) is 19.4 Å². The smallest absolute Gasteiger partial charge is 0.0931 e. The van der Waals surface area contributed by atoms with E-state index in [1.165, 1.54) is 0 Å². The van der Waals surface area contributed by atoms with Crippen LogP contribution in [0.5, 0.6) is 0 Å². The molecule has 1 aromatic heterocycles. The molecule has 4 nitrogen and oxygen atoms in total. The largest absolute Gasteiger partial charge is 0.387 e. The minimum absolute atomic E-state index is 0.497. The van der Waals surface area contributed by atoms with E-state index in [1.807, 2.05) is 18.3 Å². The zero-order valence-corrected chi connectivity index (χ0v) is 11.2. The predicted octanol–water partition coefficient (Wildman–Crippen LogP) is 1.52. The van der Waals surface area contributed by atoms with E-state index in [-0.39, 0.29) is 0 Å². The average molecular weight is 237 g/mol. The monoisotopic (exact) mass is 237 g/mol. The predicted molar refractivity (Wildman–Crippen MR) is 71.3 cm³/mol. The Labute approximate surface area is 104 Å². The average Bonchev–Trinajstić information content (AvgIpc) is 2.28. The summed E-state index contributed by atoms with van der Waals surface area (Å²) in [6.07, 6.45) is 2.45. The lowest BCUT2D eigenvalue weighted by molar-refractivity contribution is 0.194. The van der Waals surface area contributed by atoms with Gasteiger partial charge in [0.15, 0.2) is 0 Å². The van der Waals surface area contributed by atoms with Crippen LogP contribution in [0.15, 0.2) is 18.3 Å². The van der Waals surface area contributed by atoms with Crippen molar-refractivity contribution >= 4 is 5.69 Å². The molecule has 0 radical (unpaired) electrons. The SMILES string of the molecule is CC(O)c1ccc(N(C)CCCN(C)C)cn1. The van der Waals surface area contributed by atoms with Crippen molar-refractivity contribution in [3.05, 3.63) is 24.0 Å². The maximum absolute atomic E-state index is 9.37. The van der Waals surface area contributed by atoms with Crippen molar-refractivity contribution in [3.63, 3.8) is 0 Å². The summed E-state index contributed by atoms with van der Waals surface area (Å²) in [6.45, 7) is 3.82. The number of nitrogens with zero attached hydrogens (tertiary/aromatic N) is 3. The van der Waals surface area contributed by atoms with Gasteiger partial charge in [-0.1, -0.05) is 0 Å². The second-order valence-corrected chi connectivity index (χ2v) is 4.70. The molecule has 1 N–H and O–H groups in total. The van der Waals surface area contributed by atoms with Crippen LogP contribution in [0.1, 0.15) is 25.1 Å². The normalized spacial score (nSPS) is 12.8. The van der Waals surface area contributed by atoms with Crippen LogP contribution < -0.4 is 4.90 Å². The van der Waals surface area contributed by atoms with Gasteiger partial charge in [0.1, 0.15) is 0 Å². The second kappa shape index (κ2) is 6.57. The molecule has 1 aromatic rings. The minimum atomic E-state index is -0.497.